The van der Waals surface area contributed by atoms with Gasteiger partial charge in [-0.05, 0) is 23.3 Å². The minimum atomic E-state index is -1.01. The van der Waals surface area contributed by atoms with Crippen LogP contribution in [0, 0.1) is 22.7 Å². The van der Waals surface area contributed by atoms with E-state index in [4.69, 9.17) is 14.2 Å². The van der Waals surface area contributed by atoms with Crippen molar-refractivity contribution in [3.05, 3.63) is 35.9 Å². The van der Waals surface area contributed by atoms with Crippen molar-refractivity contribution >= 4 is 12.0 Å². The first-order chi connectivity index (χ1) is 15.2. The van der Waals surface area contributed by atoms with E-state index in [-0.39, 0.29) is 17.9 Å². The van der Waals surface area contributed by atoms with Crippen LogP contribution in [0.1, 0.15) is 39.7 Å². The average molecular weight is 446 g/mol. The van der Waals surface area contributed by atoms with Crippen molar-refractivity contribution in [1.29, 1.82) is 5.26 Å². The van der Waals surface area contributed by atoms with Gasteiger partial charge in [0, 0.05) is 13.1 Å². The van der Waals surface area contributed by atoms with Crippen LogP contribution in [0.4, 0.5) is 4.79 Å². The van der Waals surface area contributed by atoms with Crippen LogP contribution in [-0.2, 0) is 25.6 Å². The van der Waals surface area contributed by atoms with E-state index in [0.29, 0.717) is 39.3 Å². The van der Waals surface area contributed by atoms with Gasteiger partial charge in [0.05, 0.1) is 32.5 Å². The molecule has 0 radical (unpaired) electrons. The standard InChI is InChI=1S/C24H35N3O5/c1-18(2)24(3,4)14-21(32-23(29)27-10-12-30-13-11-27)22(28)26-20(15-25)17-31-16-19-8-6-5-7-9-19/h5-9,18,20-21H,10-14,16-17H2,1-4H3,(H,26,28). The van der Waals surface area contributed by atoms with Gasteiger partial charge in [-0.15, -0.1) is 0 Å². The molecule has 2 unspecified atom stereocenters. The molecule has 2 rings (SSSR count). The zero-order valence-electron chi connectivity index (χ0n) is 19.5. The number of nitrogens with one attached hydrogen (secondary N) is 1. The Morgan fingerprint density at radius 2 is 1.88 bits per heavy atom. The lowest BCUT2D eigenvalue weighted by atomic mass is 9.76. The summed E-state index contributed by atoms with van der Waals surface area (Å²) in [6, 6.07) is 10.8. The molecule has 8 heteroatoms. The fourth-order valence-corrected chi connectivity index (χ4v) is 3.09. The van der Waals surface area contributed by atoms with E-state index >= 15 is 0 Å². The number of hydrogen-bond acceptors (Lipinski definition) is 6. The van der Waals surface area contributed by atoms with Gasteiger partial charge in [0.1, 0.15) is 6.04 Å². The van der Waals surface area contributed by atoms with E-state index in [1.54, 1.807) is 0 Å². The van der Waals surface area contributed by atoms with Crippen molar-refractivity contribution in [1.82, 2.24) is 10.2 Å². The molecule has 1 aromatic carbocycles. The lowest BCUT2D eigenvalue weighted by Gasteiger charge is -2.34. The van der Waals surface area contributed by atoms with Crippen molar-refractivity contribution in [2.75, 3.05) is 32.9 Å². The number of morpholine rings is 1. The van der Waals surface area contributed by atoms with Crippen molar-refractivity contribution in [3.8, 4) is 6.07 Å². The van der Waals surface area contributed by atoms with Gasteiger partial charge in [-0.25, -0.2) is 4.79 Å². The van der Waals surface area contributed by atoms with E-state index in [1.165, 1.54) is 4.90 Å². The average Bonchev–Trinajstić information content (AvgIpc) is 2.78. The summed E-state index contributed by atoms with van der Waals surface area (Å²) in [6.45, 7) is 10.3. The Hall–Kier alpha value is -2.63. The highest BCUT2D eigenvalue weighted by Crippen LogP contribution is 2.32. The zero-order valence-corrected chi connectivity index (χ0v) is 19.5. The fourth-order valence-electron chi connectivity index (χ4n) is 3.09. The van der Waals surface area contributed by atoms with Gasteiger partial charge in [0.25, 0.3) is 5.91 Å². The number of nitriles is 1. The Bertz CT molecular complexity index is 770. The zero-order chi connectivity index (χ0) is 23.6. The first-order valence-electron chi connectivity index (χ1n) is 11.1. The van der Waals surface area contributed by atoms with Gasteiger partial charge in [-0.1, -0.05) is 58.0 Å². The highest BCUT2D eigenvalue weighted by atomic mass is 16.6. The number of benzene rings is 1. The third-order valence-electron chi connectivity index (χ3n) is 5.95. The quantitative estimate of drug-likeness (QED) is 0.594. The van der Waals surface area contributed by atoms with Gasteiger partial charge in [-0.2, -0.15) is 5.26 Å². The topological polar surface area (TPSA) is 101 Å². The molecule has 0 spiro atoms. The molecule has 1 saturated heterocycles. The van der Waals surface area contributed by atoms with Crippen LogP contribution >= 0.6 is 0 Å². The van der Waals surface area contributed by atoms with Crippen LogP contribution in [0.3, 0.4) is 0 Å². The van der Waals surface area contributed by atoms with Crippen molar-refractivity contribution < 1.29 is 23.8 Å². The maximum absolute atomic E-state index is 13.0. The number of rotatable bonds is 10. The number of hydrogen-bond donors (Lipinski definition) is 1. The van der Waals surface area contributed by atoms with Crippen LogP contribution in [-0.4, -0.2) is 62.0 Å². The number of carbonyl (C=O) groups is 2. The SMILES string of the molecule is CC(C)C(C)(C)CC(OC(=O)N1CCOCC1)C(=O)NC(C#N)COCc1ccccc1. The summed E-state index contributed by atoms with van der Waals surface area (Å²) in [5, 5.41) is 12.2. The van der Waals surface area contributed by atoms with Crippen LogP contribution in [0.25, 0.3) is 0 Å². The molecular formula is C24H35N3O5. The van der Waals surface area contributed by atoms with Gasteiger partial charge in [-0.3, -0.25) is 4.79 Å². The maximum atomic E-state index is 13.0. The molecule has 0 aromatic heterocycles. The number of nitrogens with zero attached hydrogens (tertiary/aromatic N) is 2. The van der Waals surface area contributed by atoms with Gasteiger partial charge in [0.2, 0.25) is 0 Å². The van der Waals surface area contributed by atoms with E-state index in [1.807, 2.05) is 44.2 Å². The molecule has 1 heterocycles. The second-order valence-corrected chi connectivity index (χ2v) is 9.01. The second kappa shape index (κ2) is 12.4. The van der Waals surface area contributed by atoms with Crippen molar-refractivity contribution in [2.45, 2.75) is 52.9 Å². The highest BCUT2D eigenvalue weighted by molar-refractivity contribution is 5.84. The van der Waals surface area contributed by atoms with E-state index < -0.39 is 24.1 Å². The molecule has 0 saturated carbocycles. The van der Waals surface area contributed by atoms with Gasteiger partial charge >= 0.3 is 6.09 Å². The largest absolute Gasteiger partial charge is 0.436 e. The lowest BCUT2D eigenvalue weighted by Crippen LogP contribution is -2.49. The minimum Gasteiger partial charge on any atom is -0.436 e. The first-order valence-corrected chi connectivity index (χ1v) is 11.1. The summed E-state index contributed by atoms with van der Waals surface area (Å²) < 4.78 is 16.5. The normalized spacial score (nSPS) is 16.2. The van der Waals surface area contributed by atoms with Gasteiger partial charge in [0.15, 0.2) is 6.10 Å². The summed E-state index contributed by atoms with van der Waals surface area (Å²) in [7, 11) is 0. The molecule has 2 atom stereocenters. The van der Waals surface area contributed by atoms with E-state index in [0.717, 1.165) is 5.56 Å². The van der Waals surface area contributed by atoms with Crippen molar-refractivity contribution in [3.63, 3.8) is 0 Å². The number of carbonyl (C=O) groups excluding carboxylic acids is 2. The minimum absolute atomic E-state index is 0.0365. The fraction of sp³-hybridized carbons (Fsp3) is 0.625. The molecule has 1 fully saturated rings. The summed E-state index contributed by atoms with van der Waals surface area (Å²) >= 11 is 0. The van der Waals surface area contributed by atoms with Crippen LogP contribution in [0.5, 0.6) is 0 Å². The molecule has 0 aliphatic carbocycles. The molecule has 1 aromatic rings. The number of ether oxygens (including phenoxy) is 3. The Labute approximate surface area is 190 Å². The Morgan fingerprint density at radius 3 is 2.47 bits per heavy atom. The van der Waals surface area contributed by atoms with Crippen molar-refractivity contribution in [2.24, 2.45) is 11.3 Å². The maximum Gasteiger partial charge on any atom is 0.410 e. The second-order valence-electron chi connectivity index (χ2n) is 9.01. The first kappa shape index (κ1) is 25.6. The summed E-state index contributed by atoms with van der Waals surface area (Å²) in [5.74, 6) is -0.226. The van der Waals surface area contributed by atoms with Crippen LogP contribution in [0.2, 0.25) is 0 Å². The molecule has 0 bridgehead atoms. The van der Waals surface area contributed by atoms with E-state index in [9.17, 15) is 14.9 Å². The number of amides is 2. The molecule has 32 heavy (non-hydrogen) atoms. The Morgan fingerprint density at radius 1 is 1.22 bits per heavy atom. The summed E-state index contributed by atoms with van der Waals surface area (Å²) in [4.78, 5) is 27.2. The molecular weight excluding hydrogens is 410 g/mol. The van der Waals surface area contributed by atoms with Crippen LogP contribution < -0.4 is 5.32 Å². The third kappa shape index (κ3) is 8.13. The molecule has 8 nitrogen and oxygen atoms in total. The lowest BCUT2D eigenvalue weighted by molar-refractivity contribution is -0.133. The monoisotopic (exact) mass is 445 g/mol. The smallest absolute Gasteiger partial charge is 0.410 e. The molecule has 1 aliphatic heterocycles. The van der Waals surface area contributed by atoms with E-state index in [2.05, 4.69) is 25.2 Å². The Kier molecular flexibility index (Phi) is 9.95. The third-order valence-corrected chi connectivity index (χ3v) is 5.95. The molecule has 2 amide bonds. The predicted octanol–water partition coefficient (Wildman–Crippen LogP) is 3.12. The van der Waals surface area contributed by atoms with Gasteiger partial charge < -0.3 is 24.4 Å². The van der Waals surface area contributed by atoms with Crippen LogP contribution in [0.15, 0.2) is 30.3 Å². The summed E-state index contributed by atoms with van der Waals surface area (Å²) in [6.07, 6.45) is -1.20. The predicted molar refractivity (Wildman–Crippen MR) is 120 cm³/mol. The molecule has 1 N–H and O–H groups in total. The molecule has 176 valence electrons. The Balaban J connectivity index is 1.99. The molecule has 1 aliphatic rings. The summed E-state index contributed by atoms with van der Waals surface area (Å²) in [5.41, 5.74) is 0.728. The highest BCUT2D eigenvalue weighted by Gasteiger charge is 2.35.